The molecule has 0 aliphatic carbocycles. The van der Waals surface area contributed by atoms with E-state index in [0.717, 1.165) is 19.3 Å². The molecule has 5 nitrogen and oxygen atoms in total. The Morgan fingerprint density at radius 3 is 2.94 bits per heavy atom. The molecule has 0 fully saturated rings. The second-order valence-electron chi connectivity index (χ2n) is 3.46. The van der Waals surface area contributed by atoms with Gasteiger partial charge in [-0.3, -0.25) is 14.3 Å². The molecule has 0 aromatic carbocycles. The number of hydrogen-bond donors (Lipinski definition) is 1. The minimum Gasteiger partial charge on any atom is -0.273 e. The maximum atomic E-state index is 11.6. The van der Waals surface area contributed by atoms with Crippen LogP contribution >= 0.6 is 11.6 Å². The number of rotatable bonds is 6. The number of amides is 1. The van der Waals surface area contributed by atoms with E-state index in [-0.39, 0.29) is 5.91 Å². The Kier molecular flexibility index (Phi) is 5.28. The molecule has 0 saturated carbocycles. The molecule has 1 rings (SSSR count). The highest BCUT2D eigenvalue weighted by molar-refractivity contribution is 6.29. The van der Waals surface area contributed by atoms with Gasteiger partial charge >= 0.3 is 0 Å². The molecule has 1 aromatic rings. The minimum atomic E-state index is -0.335. The van der Waals surface area contributed by atoms with Crippen LogP contribution in [0.15, 0.2) is 6.07 Å². The van der Waals surface area contributed by atoms with Crippen LogP contribution in [0.3, 0.4) is 0 Å². The maximum absolute atomic E-state index is 11.6. The van der Waals surface area contributed by atoms with Gasteiger partial charge in [-0.1, -0.05) is 31.4 Å². The van der Waals surface area contributed by atoms with Crippen LogP contribution in [0.2, 0.25) is 5.15 Å². The summed E-state index contributed by atoms with van der Waals surface area (Å²) >= 11 is 5.66. The topological polar surface area (TPSA) is 56.1 Å². The highest BCUT2D eigenvalue weighted by Crippen LogP contribution is 2.08. The van der Waals surface area contributed by atoms with E-state index in [2.05, 4.69) is 17.5 Å². The first-order valence-electron chi connectivity index (χ1n) is 5.26. The third-order valence-electron chi connectivity index (χ3n) is 2.10. The van der Waals surface area contributed by atoms with E-state index in [4.69, 9.17) is 16.4 Å². The summed E-state index contributed by atoms with van der Waals surface area (Å²) < 4.78 is 1.41. The van der Waals surface area contributed by atoms with Crippen molar-refractivity contribution >= 4 is 17.5 Å². The molecule has 1 aromatic heterocycles. The lowest BCUT2D eigenvalue weighted by Gasteiger charge is -2.05. The first-order valence-corrected chi connectivity index (χ1v) is 5.64. The van der Waals surface area contributed by atoms with Gasteiger partial charge in [0.1, 0.15) is 5.69 Å². The van der Waals surface area contributed by atoms with Gasteiger partial charge < -0.3 is 0 Å². The van der Waals surface area contributed by atoms with Crippen LogP contribution in [0.25, 0.3) is 0 Å². The second kappa shape index (κ2) is 6.50. The van der Waals surface area contributed by atoms with E-state index >= 15 is 0 Å². The Bertz CT molecular complexity index is 352. The molecule has 0 radical (unpaired) electrons. The first kappa shape index (κ1) is 13.0. The Morgan fingerprint density at radius 1 is 1.62 bits per heavy atom. The minimum absolute atomic E-state index is 0.290. The number of aromatic nitrogens is 2. The van der Waals surface area contributed by atoms with Gasteiger partial charge in [-0.25, -0.2) is 5.48 Å². The van der Waals surface area contributed by atoms with E-state index < -0.39 is 0 Å². The third-order valence-corrected chi connectivity index (χ3v) is 2.28. The number of hydroxylamine groups is 1. The van der Waals surface area contributed by atoms with Crippen molar-refractivity contribution in [3.05, 3.63) is 16.9 Å². The van der Waals surface area contributed by atoms with Crippen molar-refractivity contribution in [2.24, 2.45) is 7.05 Å². The van der Waals surface area contributed by atoms with Crippen molar-refractivity contribution in [1.82, 2.24) is 15.3 Å². The summed E-state index contributed by atoms with van der Waals surface area (Å²) in [6, 6.07) is 1.49. The lowest BCUT2D eigenvalue weighted by atomic mass is 10.3. The van der Waals surface area contributed by atoms with Gasteiger partial charge in [-0.2, -0.15) is 5.10 Å². The summed E-state index contributed by atoms with van der Waals surface area (Å²) in [6.07, 6.45) is 3.14. The summed E-state index contributed by atoms with van der Waals surface area (Å²) in [6.45, 7) is 2.63. The number of hydrogen-bond acceptors (Lipinski definition) is 3. The van der Waals surface area contributed by atoms with E-state index in [1.165, 1.54) is 10.7 Å². The molecule has 6 heteroatoms. The highest BCUT2D eigenvalue weighted by atomic mass is 35.5. The number of nitrogens with one attached hydrogen (secondary N) is 1. The number of carbonyl (C=O) groups is 1. The normalized spacial score (nSPS) is 10.4. The molecule has 1 heterocycles. The molecule has 0 atom stereocenters. The number of aryl methyl sites for hydroxylation is 1. The number of carbonyl (C=O) groups excluding carboxylic acids is 1. The quantitative estimate of drug-likeness (QED) is 0.615. The van der Waals surface area contributed by atoms with Crippen LogP contribution in [-0.4, -0.2) is 22.3 Å². The fourth-order valence-electron chi connectivity index (χ4n) is 1.24. The van der Waals surface area contributed by atoms with Gasteiger partial charge in [0.25, 0.3) is 5.91 Å². The van der Waals surface area contributed by atoms with Gasteiger partial charge in [0.05, 0.1) is 6.61 Å². The molecule has 0 unspecified atom stereocenters. The third kappa shape index (κ3) is 3.83. The zero-order valence-corrected chi connectivity index (χ0v) is 10.3. The summed E-state index contributed by atoms with van der Waals surface area (Å²) in [7, 11) is 1.65. The predicted octanol–water partition coefficient (Wildman–Crippen LogP) is 1.93. The average molecular weight is 246 g/mol. The molecule has 0 saturated heterocycles. The zero-order chi connectivity index (χ0) is 12.0. The second-order valence-corrected chi connectivity index (χ2v) is 3.85. The molecule has 1 N–H and O–H groups in total. The molecule has 1 amide bonds. The van der Waals surface area contributed by atoms with Gasteiger partial charge in [0.2, 0.25) is 0 Å². The monoisotopic (exact) mass is 245 g/mol. The Morgan fingerprint density at radius 2 is 2.38 bits per heavy atom. The largest absolute Gasteiger partial charge is 0.293 e. The molecule has 0 aliphatic heterocycles. The van der Waals surface area contributed by atoms with Gasteiger partial charge in [-0.15, -0.1) is 0 Å². The first-order chi connectivity index (χ1) is 7.65. The molecular formula is C10H16ClN3O2. The predicted molar refractivity (Wildman–Crippen MR) is 61.2 cm³/mol. The van der Waals surface area contributed by atoms with Crippen LogP contribution in [0.1, 0.15) is 36.7 Å². The van der Waals surface area contributed by atoms with E-state index in [9.17, 15) is 4.79 Å². The molecule has 0 spiro atoms. The zero-order valence-electron chi connectivity index (χ0n) is 9.49. The van der Waals surface area contributed by atoms with Gasteiger partial charge in [0, 0.05) is 13.1 Å². The van der Waals surface area contributed by atoms with Crippen molar-refractivity contribution in [2.75, 3.05) is 6.61 Å². The van der Waals surface area contributed by atoms with Gasteiger partial charge in [0.15, 0.2) is 5.15 Å². The summed E-state index contributed by atoms with van der Waals surface area (Å²) in [4.78, 5) is 16.6. The molecule has 90 valence electrons. The Labute approximate surface area is 99.7 Å². The van der Waals surface area contributed by atoms with Crippen LogP contribution in [0.4, 0.5) is 0 Å². The number of halogens is 1. The number of unbranched alkanes of at least 4 members (excludes halogenated alkanes) is 2. The van der Waals surface area contributed by atoms with Crippen molar-refractivity contribution in [1.29, 1.82) is 0 Å². The average Bonchev–Trinajstić information content (AvgIpc) is 2.57. The molecular weight excluding hydrogens is 230 g/mol. The van der Waals surface area contributed by atoms with Crippen molar-refractivity contribution in [3.63, 3.8) is 0 Å². The SMILES string of the molecule is CCCCCONC(=O)c1cc(Cl)nn1C. The van der Waals surface area contributed by atoms with Crippen LogP contribution in [-0.2, 0) is 11.9 Å². The summed E-state index contributed by atoms with van der Waals surface area (Å²) in [5, 5.41) is 4.15. The van der Waals surface area contributed by atoms with Gasteiger partial charge in [-0.05, 0) is 6.42 Å². The summed E-state index contributed by atoms with van der Waals surface area (Å²) in [5.41, 5.74) is 2.73. The van der Waals surface area contributed by atoms with E-state index in [1.54, 1.807) is 7.05 Å². The van der Waals surface area contributed by atoms with Crippen molar-refractivity contribution in [2.45, 2.75) is 26.2 Å². The van der Waals surface area contributed by atoms with Crippen molar-refractivity contribution in [3.8, 4) is 0 Å². The summed E-state index contributed by atoms with van der Waals surface area (Å²) in [5.74, 6) is -0.335. The van der Waals surface area contributed by atoms with Crippen molar-refractivity contribution < 1.29 is 9.63 Å². The lowest BCUT2D eigenvalue weighted by Crippen LogP contribution is -2.26. The Balaban J connectivity index is 2.33. The molecule has 16 heavy (non-hydrogen) atoms. The molecule has 0 aliphatic rings. The fourth-order valence-corrected chi connectivity index (χ4v) is 1.45. The maximum Gasteiger partial charge on any atom is 0.293 e. The van der Waals surface area contributed by atoms with Crippen LogP contribution in [0, 0.1) is 0 Å². The Hall–Kier alpha value is -1.07. The smallest absolute Gasteiger partial charge is 0.273 e. The highest BCUT2D eigenvalue weighted by Gasteiger charge is 2.11. The fraction of sp³-hybridized carbons (Fsp3) is 0.600. The lowest BCUT2D eigenvalue weighted by molar-refractivity contribution is 0.0290. The van der Waals surface area contributed by atoms with E-state index in [1.807, 2.05) is 0 Å². The van der Waals surface area contributed by atoms with Crippen LogP contribution in [0.5, 0.6) is 0 Å². The molecule has 0 bridgehead atoms. The van der Waals surface area contributed by atoms with E-state index in [0.29, 0.717) is 17.5 Å². The standard InChI is InChI=1S/C10H16ClN3O2/c1-3-4-5-6-16-13-10(15)8-7-9(11)12-14(8)2/h7H,3-6H2,1-2H3,(H,13,15). The van der Waals surface area contributed by atoms with Crippen LogP contribution < -0.4 is 5.48 Å². The number of nitrogens with zero attached hydrogens (tertiary/aromatic N) is 2.